The van der Waals surface area contributed by atoms with E-state index in [0.717, 1.165) is 23.1 Å². The molecule has 0 spiro atoms. The quantitative estimate of drug-likeness (QED) is 0.909. The monoisotopic (exact) mass is 291 g/mol. The fourth-order valence-electron chi connectivity index (χ4n) is 2.37. The summed E-state index contributed by atoms with van der Waals surface area (Å²) < 4.78 is 5.38. The van der Waals surface area contributed by atoms with Crippen molar-refractivity contribution in [3.63, 3.8) is 0 Å². The lowest BCUT2D eigenvalue weighted by Crippen LogP contribution is -2.39. The van der Waals surface area contributed by atoms with Gasteiger partial charge in [0.15, 0.2) is 0 Å². The van der Waals surface area contributed by atoms with Gasteiger partial charge in [-0.05, 0) is 43.9 Å². The van der Waals surface area contributed by atoms with Crippen LogP contribution in [0.15, 0.2) is 18.2 Å². The number of benzene rings is 1. The number of rotatable bonds is 2. The molecule has 114 valence electrons. The van der Waals surface area contributed by atoms with Crippen molar-refractivity contribution in [2.45, 2.75) is 45.8 Å². The number of carbonyl (C=O) groups excluding carboxylic acids is 1. The van der Waals surface area contributed by atoms with E-state index >= 15 is 0 Å². The first-order valence-corrected chi connectivity index (χ1v) is 7.05. The van der Waals surface area contributed by atoms with Crippen molar-refractivity contribution in [2.24, 2.45) is 0 Å². The lowest BCUT2D eigenvalue weighted by molar-refractivity contribution is -0.136. The molecule has 21 heavy (non-hydrogen) atoms. The molecule has 0 unspecified atom stereocenters. The first-order chi connectivity index (χ1) is 9.74. The van der Waals surface area contributed by atoms with Gasteiger partial charge in [0.25, 0.3) is 0 Å². The zero-order valence-corrected chi connectivity index (χ0v) is 12.7. The summed E-state index contributed by atoms with van der Waals surface area (Å²) in [5, 5.41) is 8.82. The molecule has 0 aliphatic carbocycles. The van der Waals surface area contributed by atoms with Gasteiger partial charge in [0.2, 0.25) is 0 Å². The van der Waals surface area contributed by atoms with Crippen LogP contribution in [0.25, 0.3) is 0 Å². The highest BCUT2D eigenvalue weighted by atomic mass is 16.6. The first kappa shape index (κ1) is 15.4. The fraction of sp³-hybridized carbons (Fsp3) is 0.500. The van der Waals surface area contributed by atoms with Crippen LogP contribution in [0.3, 0.4) is 0 Å². The number of hydrogen-bond acceptors (Lipinski definition) is 3. The second kappa shape index (κ2) is 5.76. The van der Waals surface area contributed by atoms with Gasteiger partial charge < -0.3 is 14.7 Å². The minimum absolute atomic E-state index is 0.0308. The highest BCUT2D eigenvalue weighted by Crippen LogP contribution is 2.22. The average molecular weight is 291 g/mol. The van der Waals surface area contributed by atoms with Gasteiger partial charge in [-0.15, -0.1) is 0 Å². The van der Waals surface area contributed by atoms with Gasteiger partial charge in [-0.2, -0.15) is 0 Å². The maximum atomic E-state index is 12.1. The summed E-state index contributed by atoms with van der Waals surface area (Å²) >= 11 is 0. The maximum absolute atomic E-state index is 12.1. The molecule has 1 aliphatic rings. The van der Waals surface area contributed by atoms with E-state index in [1.54, 1.807) is 4.90 Å². The molecule has 0 bridgehead atoms. The van der Waals surface area contributed by atoms with Crippen molar-refractivity contribution in [1.82, 2.24) is 4.90 Å². The Balaban J connectivity index is 2.07. The van der Waals surface area contributed by atoms with E-state index in [-0.39, 0.29) is 12.5 Å². The van der Waals surface area contributed by atoms with Crippen LogP contribution in [0.4, 0.5) is 4.79 Å². The lowest BCUT2D eigenvalue weighted by Gasteiger charge is -2.31. The van der Waals surface area contributed by atoms with E-state index in [9.17, 15) is 9.59 Å². The van der Waals surface area contributed by atoms with Crippen LogP contribution >= 0.6 is 0 Å². The number of aliphatic carboxylic acids is 1. The molecule has 1 N–H and O–H groups in total. The third-order valence-corrected chi connectivity index (χ3v) is 3.29. The molecular weight excluding hydrogens is 270 g/mol. The molecule has 5 nitrogen and oxygen atoms in total. The molecule has 1 amide bonds. The van der Waals surface area contributed by atoms with Crippen molar-refractivity contribution in [1.29, 1.82) is 0 Å². The fourth-order valence-corrected chi connectivity index (χ4v) is 2.37. The van der Waals surface area contributed by atoms with E-state index in [1.807, 2.05) is 39.0 Å². The van der Waals surface area contributed by atoms with Gasteiger partial charge in [-0.1, -0.05) is 18.2 Å². The summed E-state index contributed by atoms with van der Waals surface area (Å²) in [4.78, 5) is 24.5. The second-order valence-corrected chi connectivity index (χ2v) is 6.33. The van der Waals surface area contributed by atoms with Gasteiger partial charge in [-0.25, -0.2) is 4.79 Å². The molecule has 1 aromatic carbocycles. The van der Waals surface area contributed by atoms with Crippen molar-refractivity contribution >= 4 is 12.1 Å². The van der Waals surface area contributed by atoms with Crippen LogP contribution in [0.1, 0.15) is 37.5 Å². The number of hydrogen-bond donors (Lipinski definition) is 1. The molecule has 0 atom stereocenters. The van der Waals surface area contributed by atoms with Crippen molar-refractivity contribution in [3.05, 3.63) is 34.9 Å². The lowest BCUT2D eigenvalue weighted by atomic mass is 9.96. The predicted octanol–water partition coefficient (Wildman–Crippen LogP) is 2.61. The van der Waals surface area contributed by atoms with Crippen LogP contribution in [0.2, 0.25) is 0 Å². The largest absolute Gasteiger partial charge is 0.481 e. The maximum Gasteiger partial charge on any atom is 0.410 e. The summed E-state index contributed by atoms with van der Waals surface area (Å²) in [7, 11) is 0. The number of amides is 1. The number of fused-ring (bicyclic) bond motifs is 1. The molecule has 0 saturated heterocycles. The van der Waals surface area contributed by atoms with Crippen LogP contribution < -0.4 is 0 Å². The van der Waals surface area contributed by atoms with E-state index in [2.05, 4.69) is 0 Å². The normalized spacial score (nSPS) is 14.5. The third-order valence-electron chi connectivity index (χ3n) is 3.29. The highest BCUT2D eigenvalue weighted by molar-refractivity contribution is 5.71. The molecule has 1 aromatic rings. The Kier molecular flexibility index (Phi) is 4.21. The van der Waals surface area contributed by atoms with Gasteiger partial charge in [-0.3, -0.25) is 4.79 Å². The molecular formula is C16H21NO4. The zero-order chi connectivity index (χ0) is 15.6. The Morgan fingerprint density at radius 3 is 2.62 bits per heavy atom. The summed E-state index contributed by atoms with van der Waals surface area (Å²) in [6.45, 7) is 6.65. The standard InChI is InChI=1S/C16H21NO4/c1-16(2,3)21-15(20)17-7-6-12-8-11(9-14(18)19)4-5-13(12)10-17/h4-5,8H,6-7,9-10H2,1-3H3,(H,18,19). The molecule has 2 rings (SSSR count). The Hall–Kier alpha value is -2.04. The number of carboxylic acid groups (broad SMARTS) is 1. The Morgan fingerprint density at radius 2 is 2.00 bits per heavy atom. The molecule has 1 aliphatic heterocycles. The first-order valence-electron chi connectivity index (χ1n) is 7.05. The number of nitrogens with zero attached hydrogens (tertiary/aromatic N) is 1. The molecule has 0 saturated carbocycles. The topological polar surface area (TPSA) is 66.8 Å². The molecule has 1 heterocycles. The number of ether oxygens (including phenoxy) is 1. The van der Waals surface area contributed by atoms with Crippen molar-refractivity contribution < 1.29 is 19.4 Å². The summed E-state index contributed by atoms with van der Waals surface area (Å²) in [6, 6.07) is 5.64. The minimum atomic E-state index is -0.832. The van der Waals surface area contributed by atoms with Crippen molar-refractivity contribution in [2.75, 3.05) is 6.54 Å². The smallest absolute Gasteiger partial charge is 0.410 e. The van der Waals surface area contributed by atoms with Crippen LogP contribution in [0.5, 0.6) is 0 Å². The van der Waals surface area contributed by atoms with E-state index in [1.165, 1.54) is 0 Å². The van der Waals surface area contributed by atoms with Crippen molar-refractivity contribution in [3.8, 4) is 0 Å². The zero-order valence-electron chi connectivity index (χ0n) is 12.7. The molecule has 0 fully saturated rings. The highest BCUT2D eigenvalue weighted by Gasteiger charge is 2.25. The van der Waals surface area contributed by atoms with Crippen LogP contribution in [0, 0.1) is 0 Å². The Morgan fingerprint density at radius 1 is 1.29 bits per heavy atom. The summed E-state index contributed by atoms with van der Waals surface area (Å²) in [5.74, 6) is -0.832. The second-order valence-electron chi connectivity index (χ2n) is 6.33. The third kappa shape index (κ3) is 4.21. The van der Waals surface area contributed by atoms with Gasteiger partial charge in [0.1, 0.15) is 5.60 Å². The average Bonchev–Trinajstić information content (AvgIpc) is 2.35. The van der Waals surface area contributed by atoms with Crippen LogP contribution in [-0.4, -0.2) is 34.2 Å². The summed E-state index contributed by atoms with van der Waals surface area (Å²) in [5.41, 5.74) is 2.48. The van der Waals surface area contributed by atoms with Crippen LogP contribution in [-0.2, 0) is 28.9 Å². The van der Waals surface area contributed by atoms with E-state index in [0.29, 0.717) is 13.1 Å². The molecule has 0 aromatic heterocycles. The SMILES string of the molecule is CC(C)(C)OC(=O)N1CCc2cc(CC(=O)O)ccc2C1. The predicted molar refractivity (Wildman–Crippen MR) is 78.1 cm³/mol. The van der Waals surface area contributed by atoms with E-state index < -0.39 is 11.6 Å². The van der Waals surface area contributed by atoms with Gasteiger partial charge in [0.05, 0.1) is 6.42 Å². The molecule has 5 heteroatoms. The summed E-state index contributed by atoms with van der Waals surface area (Å²) in [6.07, 6.45) is 0.452. The molecule has 0 radical (unpaired) electrons. The number of carbonyl (C=O) groups is 2. The van der Waals surface area contributed by atoms with E-state index in [4.69, 9.17) is 9.84 Å². The Labute approximate surface area is 124 Å². The van der Waals surface area contributed by atoms with Gasteiger partial charge in [0, 0.05) is 13.1 Å². The number of carboxylic acids is 1. The minimum Gasteiger partial charge on any atom is -0.481 e. The Bertz CT molecular complexity index is 560. The van der Waals surface area contributed by atoms with Gasteiger partial charge >= 0.3 is 12.1 Å².